The van der Waals surface area contributed by atoms with E-state index in [1.165, 1.54) is 28.0 Å². The number of hydrogen-bond acceptors (Lipinski definition) is 5. The fourth-order valence-corrected chi connectivity index (χ4v) is 3.78. The molecule has 27 heavy (non-hydrogen) atoms. The number of anilines is 1. The van der Waals surface area contributed by atoms with Gasteiger partial charge >= 0.3 is 0 Å². The molecule has 3 rings (SSSR count). The molecule has 140 valence electrons. The van der Waals surface area contributed by atoms with Gasteiger partial charge < -0.3 is 9.47 Å². The number of ether oxygens (including phenoxy) is 2. The van der Waals surface area contributed by atoms with Gasteiger partial charge in [0.15, 0.2) is 23.2 Å². The average Bonchev–Trinajstić information content (AvgIpc) is 3.07. The topological polar surface area (TPSA) is 60.5 Å². The van der Waals surface area contributed by atoms with Gasteiger partial charge in [0, 0.05) is 10.9 Å². The van der Waals surface area contributed by atoms with Crippen LogP contribution in [0.15, 0.2) is 41.8 Å². The highest BCUT2D eigenvalue weighted by Crippen LogP contribution is 2.31. The molecule has 6 heteroatoms. The summed E-state index contributed by atoms with van der Waals surface area (Å²) in [6, 6.07) is 11.5. The molecule has 0 aliphatic carbocycles. The number of methoxy groups -OCH3 is 1. The Hall–Kier alpha value is -2.86. The van der Waals surface area contributed by atoms with Gasteiger partial charge in [0.05, 0.1) is 12.8 Å². The van der Waals surface area contributed by atoms with Gasteiger partial charge in [-0.2, -0.15) is 0 Å². The van der Waals surface area contributed by atoms with Crippen molar-refractivity contribution in [3.63, 3.8) is 0 Å². The van der Waals surface area contributed by atoms with Crippen molar-refractivity contribution in [2.24, 2.45) is 0 Å². The molecule has 0 aliphatic rings. The number of carbonyl (C=O) groups is 1. The zero-order valence-electron chi connectivity index (χ0n) is 15.8. The molecule has 0 unspecified atom stereocenters. The SMILES string of the molecule is COc1ccccc1OCC(=O)Nc1nc(-c2c(C)cc(C)cc2C)cs1. The van der Waals surface area contributed by atoms with E-state index in [4.69, 9.17) is 9.47 Å². The summed E-state index contributed by atoms with van der Waals surface area (Å²) in [5, 5.41) is 5.31. The summed E-state index contributed by atoms with van der Waals surface area (Å²) in [5.74, 6) is 0.854. The number of rotatable bonds is 6. The summed E-state index contributed by atoms with van der Waals surface area (Å²) in [4.78, 5) is 16.8. The maximum Gasteiger partial charge on any atom is 0.264 e. The summed E-state index contributed by atoms with van der Waals surface area (Å²) < 4.78 is 10.8. The highest BCUT2D eigenvalue weighted by atomic mass is 32.1. The van der Waals surface area contributed by atoms with Gasteiger partial charge in [0.1, 0.15) is 0 Å². The van der Waals surface area contributed by atoms with Crippen LogP contribution in [0.1, 0.15) is 16.7 Å². The fraction of sp³-hybridized carbons (Fsp3) is 0.238. The molecule has 1 amide bonds. The first-order valence-electron chi connectivity index (χ1n) is 8.57. The molecule has 5 nitrogen and oxygen atoms in total. The molecule has 0 bridgehead atoms. The summed E-state index contributed by atoms with van der Waals surface area (Å²) in [6.07, 6.45) is 0. The Morgan fingerprint density at radius 3 is 2.44 bits per heavy atom. The molecular formula is C21H22N2O3S. The molecule has 0 aliphatic heterocycles. The van der Waals surface area contributed by atoms with Crippen LogP contribution in [0.5, 0.6) is 11.5 Å². The lowest BCUT2D eigenvalue weighted by Crippen LogP contribution is -2.20. The highest BCUT2D eigenvalue weighted by molar-refractivity contribution is 7.14. The summed E-state index contributed by atoms with van der Waals surface area (Å²) in [7, 11) is 1.56. The third kappa shape index (κ3) is 4.46. The predicted octanol–water partition coefficient (Wildman–Crippen LogP) is 4.76. The highest BCUT2D eigenvalue weighted by Gasteiger charge is 2.13. The molecule has 1 N–H and O–H groups in total. The van der Waals surface area contributed by atoms with Gasteiger partial charge in [-0.25, -0.2) is 4.98 Å². The van der Waals surface area contributed by atoms with E-state index in [0.29, 0.717) is 16.6 Å². The summed E-state index contributed by atoms with van der Waals surface area (Å²) >= 11 is 1.40. The first-order chi connectivity index (χ1) is 13.0. The number of nitrogens with one attached hydrogen (secondary N) is 1. The third-order valence-corrected chi connectivity index (χ3v) is 4.87. The van der Waals surface area contributed by atoms with Gasteiger partial charge in [-0.15, -0.1) is 11.3 Å². The lowest BCUT2D eigenvalue weighted by molar-refractivity contribution is -0.118. The van der Waals surface area contributed by atoms with E-state index in [-0.39, 0.29) is 12.5 Å². The van der Waals surface area contributed by atoms with Crippen LogP contribution in [0.4, 0.5) is 5.13 Å². The van der Waals surface area contributed by atoms with Crippen LogP contribution in [0, 0.1) is 20.8 Å². The zero-order valence-corrected chi connectivity index (χ0v) is 16.6. The van der Waals surface area contributed by atoms with Crippen LogP contribution in [0.25, 0.3) is 11.3 Å². The molecular weight excluding hydrogens is 360 g/mol. The maximum absolute atomic E-state index is 12.2. The second-order valence-corrected chi connectivity index (χ2v) is 7.16. The summed E-state index contributed by atoms with van der Waals surface area (Å²) in [5.41, 5.74) is 5.56. The van der Waals surface area contributed by atoms with Gasteiger partial charge in [-0.05, 0) is 44.0 Å². The van der Waals surface area contributed by atoms with Crippen molar-refractivity contribution in [2.45, 2.75) is 20.8 Å². The molecule has 0 spiro atoms. The maximum atomic E-state index is 12.2. The lowest BCUT2D eigenvalue weighted by Gasteiger charge is -2.10. The second kappa shape index (κ2) is 8.22. The van der Waals surface area contributed by atoms with E-state index in [2.05, 4.69) is 43.2 Å². The van der Waals surface area contributed by atoms with Crippen molar-refractivity contribution in [1.82, 2.24) is 4.98 Å². The molecule has 3 aromatic rings. The van der Waals surface area contributed by atoms with Crippen molar-refractivity contribution in [3.8, 4) is 22.8 Å². The number of nitrogens with zero attached hydrogens (tertiary/aromatic N) is 1. The van der Waals surface area contributed by atoms with Crippen LogP contribution in [0.3, 0.4) is 0 Å². The first kappa shape index (κ1) is 18.9. The van der Waals surface area contributed by atoms with Crippen molar-refractivity contribution >= 4 is 22.4 Å². The minimum atomic E-state index is -0.265. The van der Waals surface area contributed by atoms with E-state index >= 15 is 0 Å². The zero-order chi connectivity index (χ0) is 19.4. The Bertz CT molecular complexity index is 943. The van der Waals surface area contributed by atoms with E-state index in [0.717, 1.165) is 11.3 Å². The van der Waals surface area contributed by atoms with E-state index < -0.39 is 0 Å². The summed E-state index contributed by atoms with van der Waals surface area (Å²) in [6.45, 7) is 6.12. The van der Waals surface area contributed by atoms with Crippen molar-refractivity contribution in [3.05, 3.63) is 58.5 Å². The Balaban J connectivity index is 1.66. The minimum Gasteiger partial charge on any atom is -0.493 e. The normalized spacial score (nSPS) is 10.5. The van der Waals surface area contributed by atoms with Crippen LogP contribution >= 0.6 is 11.3 Å². The largest absolute Gasteiger partial charge is 0.493 e. The predicted molar refractivity (Wildman–Crippen MR) is 109 cm³/mol. The fourth-order valence-electron chi connectivity index (χ4n) is 3.07. The van der Waals surface area contributed by atoms with Crippen molar-refractivity contribution in [2.75, 3.05) is 19.0 Å². The van der Waals surface area contributed by atoms with E-state index in [1.54, 1.807) is 19.2 Å². The van der Waals surface area contributed by atoms with Gasteiger partial charge in [-0.1, -0.05) is 29.8 Å². The number of benzene rings is 2. The number of aryl methyl sites for hydroxylation is 3. The van der Waals surface area contributed by atoms with Crippen LogP contribution in [-0.4, -0.2) is 24.6 Å². The van der Waals surface area contributed by atoms with Crippen molar-refractivity contribution < 1.29 is 14.3 Å². The number of para-hydroxylation sites is 2. The molecule has 1 aromatic heterocycles. The van der Waals surface area contributed by atoms with Gasteiger partial charge in [0.25, 0.3) is 5.91 Å². The number of aromatic nitrogens is 1. The van der Waals surface area contributed by atoms with E-state index in [1.807, 2.05) is 17.5 Å². The van der Waals surface area contributed by atoms with Crippen LogP contribution in [0.2, 0.25) is 0 Å². The van der Waals surface area contributed by atoms with Crippen LogP contribution in [-0.2, 0) is 4.79 Å². The molecule has 1 heterocycles. The van der Waals surface area contributed by atoms with Crippen LogP contribution < -0.4 is 14.8 Å². The Kier molecular flexibility index (Phi) is 5.76. The van der Waals surface area contributed by atoms with Gasteiger partial charge in [-0.3, -0.25) is 10.1 Å². The quantitative estimate of drug-likeness (QED) is 0.668. The Morgan fingerprint density at radius 1 is 1.11 bits per heavy atom. The monoisotopic (exact) mass is 382 g/mol. The molecule has 0 radical (unpaired) electrons. The Morgan fingerprint density at radius 2 is 1.78 bits per heavy atom. The van der Waals surface area contributed by atoms with Gasteiger partial charge in [0.2, 0.25) is 0 Å². The number of thiazole rings is 1. The molecule has 2 aromatic carbocycles. The number of carbonyl (C=O) groups excluding carboxylic acids is 1. The third-order valence-electron chi connectivity index (χ3n) is 4.11. The average molecular weight is 382 g/mol. The molecule has 0 atom stereocenters. The minimum absolute atomic E-state index is 0.113. The standard InChI is InChI=1S/C21H22N2O3S/c1-13-9-14(2)20(15(3)10-13)16-12-27-21(22-16)23-19(24)11-26-18-8-6-5-7-17(18)25-4/h5-10,12H,11H2,1-4H3,(H,22,23,24). The molecule has 0 saturated heterocycles. The smallest absolute Gasteiger partial charge is 0.264 e. The van der Waals surface area contributed by atoms with E-state index in [9.17, 15) is 4.79 Å². The number of amides is 1. The molecule has 0 fully saturated rings. The molecule has 0 saturated carbocycles. The Labute approximate surface area is 163 Å². The second-order valence-electron chi connectivity index (χ2n) is 6.30. The lowest BCUT2D eigenvalue weighted by atomic mass is 9.98. The first-order valence-corrected chi connectivity index (χ1v) is 9.45. The van der Waals surface area contributed by atoms with Crippen molar-refractivity contribution in [1.29, 1.82) is 0 Å². The number of hydrogen-bond donors (Lipinski definition) is 1.